The highest BCUT2D eigenvalue weighted by Gasteiger charge is 2.07. The third-order valence-electron chi connectivity index (χ3n) is 2.28. The van der Waals surface area contributed by atoms with Gasteiger partial charge in [0, 0.05) is 12.3 Å². The second kappa shape index (κ2) is 3.30. The molecule has 0 radical (unpaired) electrons. The van der Waals surface area contributed by atoms with Gasteiger partial charge in [0.05, 0.1) is 6.20 Å². The SMILES string of the molecule is Oc1ccncc1-n1nc2ccccc2n1. The molecule has 1 aromatic carbocycles. The smallest absolute Gasteiger partial charge is 0.146 e. The Bertz CT molecular complexity index is 614. The van der Waals surface area contributed by atoms with Crippen molar-refractivity contribution in [3.63, 3.8) is 0 Å². The molecule has 0 fully saturated rings. The van der Waals surface area contributed by atoms with Crippen molar-refractivity contribution < 1.29 is 5.11 Å². The molecular weight excluding hydrogens is 204 g/mol. The molecule has 2 heterocycles. The maximum atomic E-state index is 9.65. The number of aromatic hydroxyl groups is 1. The highest BCUT2D eigenvalue weighted by atomic mass is 16.3. The van der Waals surface area contributed by atoms with Crippen LogP contribution in [0, 0.1) is 0 Å². The van der Waals surface area contributed by atoms with Gasteiger partial charge >= 0.3 is 0 Å². The molecule has 0 aliphatic heterocycles. The van der Waals surface area contributed by atoms with E-state index in [-0.39, 0.29) is 5.75 Å². The Kier molecular flexibility index (Phi) is 1.83. The lowest BCUT2D eigenvalue weighted by molar-refractivity contribution is 0.466. The monoisotopic (exact) mass is 212 g/mol. The van der Waals surface area contributed by atoms with Gasteiger partial charge in [-0.25, -0.2) is 0 Å². The van der Waals surface area contributed by atoms with Gasteiger partial charge in [0.2, 0.25) is 0 Å². The Morgan fingerprint density at radius 2 is 1.69 bits per heavy atom. The van der Waals surface area contributed by atoms with Crippen LogP contribution in [-0.2, 0) is 0 Å². The average molecular weight is 212 g/mol. The van der Waals surface area contributed by atoms with Crippen molar-refractivity contribution in [3.05, 3.63) is 42.7 Å². The van der Waals surface area contributed by atoms with Gasteiger partial charge in [-0.1, -0.05) is 12.1 Å². The standard InChI is InChI=1S/C11H8N4O/c16-11-5-6-12-7-10(11)15-13-8-3-1-2-4-9(8)14-15/h1-7H,(H,12,16). The van der Waals surface area contributed by atoms with Crippen molar-refractivity contribution in [1.29, 1.82) is 0 Å². The second-order valence-corrected chi connectivity index (χ2v) is 3.34. The molecule has 78 valence electrons. The van der Waals surface area contributed by atoms with E-state index in [2.05, 4.69) is 15.2 Å². The van der Waals surface area contributed by atoms with E-state index < -0.39 is 0 Å². The minimum absolute atomic E-state index is 0.107. The Hall–Kier alpha value is -2.43. The number of pyridine rings is 1. The Balaban J connectivity index is 2.23. The predicted molar refractivity (Wildman–Crippen MR) is 58.3 cm³/mol. The first kappa shape index (κ1) is 8.84. The van der Waals surface area contributed by atoms with Crippen LogP contribution in [-0.4, -0.2) is 25.1 Å². The summed E-state index contributed by atoms with van der Waals surface area (Å²) in [4.78, 5) is 5.31. The van der Waals surface area contributed by atoms with Crippen LogP contribution in [0.3, 0.4) is 0 Å². The fraction of sp³-hybridized carbons (Fsp3) is 0. The minimum Gasteiger partial charge on any atom is -0.505 e. The lowest BCUT2D eigenvalue weighted by Crippen LogP contribution is -1.99. The molecule has 0 atom stereocenters. The molecule has 3 rings (SSSR count). The molecule has 0 amide bonds. The third-order valence-corrected chi connectivity index (χ3v) is 2.28. The van der Waals surface area contributed by atoms with Crippen LogP contribution in [0.1, 0.15) is 0 Å². The molecule has 0 bridgehead atoms. The molecule has 0 saturated heterocycles. The Morgan fingerprint density at radius 1 is 1.00 bits per heavy atom. The van der Waals surface area contributed by atoms with E-state index in [1.54, 1.807) is 0 Å². The first-order valence-corrected chi connectivity index (χ1v) is 4.80. The fourth-order valence-electron chi connectivity index (χ4n) is 1.50. The molecule has 0 spiro atoms. The van der Waals surface area contributed by atoms with E-state index >= 15 is 0 Å². The van der Waals surface area contributed by atoms with Crippen LogP contribution in [0.15, 0.2) is 42.7 Å². The normalized spacial score (nSPS) is 10.8. The molecular formula is C11H8N4O. The lowest BCUT2D eigenvalue weighted by atomic mass is 10.3. The van der Waals surface area contributed by atoms with Gasteiger partial charge in [0.1, 0.15) is 22.5 Å². The minimum atomic E-state index is 0.107. The summed E-state index contributed by atoms with van der Waals surface area (Å²) < 4.78 is 0. The van der Waals surface area contributed by atoms with Crippen molar-refractivity contribution in [3.8, 4) is 11.4 Å². The van der Waals surface area contributed by atoms with Crippen LogP contribution in [0.2, 0.25) is 0 Å². The maximum absolute atomic E-state index is 9.65. The summed E-state index contributed by atoms with van der Waals surface area (Å²) in [5, 5.41) is 18.1. The number of rotatable bonds is 1. The van der Waals surface area contributed by atoms with Gasteiger partial charge < -0.3 is 5.11 Å². The highest BCUT2D eigenvalue weighted by Crippen LogP contribution is 2.19. The first-order valence-electron chi connectivity index (χ1n) is 4.80. The van der Waals surface area contributed by atoms with Crippen molar-refractivity contribution in [2.24, 2.45) is 0 Å². The van der Waals surface area contributed by atoms with Crippen molar-refractivity contribution in [2.45, 2.75) is 0 Å². The quantitative estimate of drug-likeness (QED) is 0.664. The summed E-state index contributed by atoms with van der Waals surface area (Å²) in [6.45, 7) is 0. The third kappa shape index (κ3) is 1.30. The average Bonchev–Trinajstić information content (AvgIpc) is 2.73. The number of hydrogen-bond donors (Lipinski definition) is 1. The van der Waals surface area contributed by atoms with Gasteiger partial charge in [-0.15, -0.1) is 15.0 Å². The summed E-state index contributed by atoms with van der Waals surface area (Å²) >= 11 is 0. The van der Waals surface area contributed by atoms with Crippen molar-refractivity contribution in [1.82, 2.24) is 20.0 Å². The molecule has 0 aliphatic carbocycles. The zero-order chi connectivity index (χ0) is 11.0. The first-order chi connectivity index (χ1) is 7.84. The summed E-state index contributed by atoms with van der Waals surface area (Å²) in [6, 6.07) is 9.02. The molecule has 3 aromatic rings. The van der Waals surface area contributed by atoms with Crippen molar-refractivity contribution >= 4 is 11.0 Å². The molecule has 1 N–H and O–H groups in total. The van der Waals surface area contributed by atoms with E-state index in [1.165, 1.54) is 23.3 Å². The van der Waals surface area contributed by atoms with Crippen LogP contribution >= 0.6 is 0 Å². The van der Waals surface area contributed by atoms with Crippen LogP contribution in [0.4, 0.5) is 0 Å². The second-order valence-electron chi connectivity index (χ2n) is 3.34. The highest BCUT2D eigenvalue weighted by molar-refractivity contribution is 5.73. The molecule has 0 unspecified atom stereocenters. The Labute approximate surface area is 91.0 Å². The largest absolute Gasteiger partial charge is 0.505 e. The van der Waals surface area contributed by atoms with E-state index in [0.29, 0.717) is 5.69 Å². The van der Waals surface area contributed by atoms with Crippen molar-refractivity contribution in [2.75, 3.05) is 0 Å². The molecule has 0 saturated carbocycles. The maximum Gasteiger partial charge on any atom is 0.146 e. The number of benzene rings is 1. The van der Waals surface area contributed by atoms with Gasteiger partial charge in [-0.2, -0.15) is 0 Å². The molecule has 5 nitrogen and oxygen atoms in total. The van der Waals surface area contributed by atoms with E-state index in [0.717, 1.165) is 11.0 Å². The zero-order valence-corrected chi connectivity index (χ0v) is 8.28. The molecule has 2 aromatic heterocycles. The number of hydrogen-bond acceptors (Lipinski definition) is 4. The van der Waals surface area contributed by atoms with E-state index in [4.69, 9.17) is 0 Å². The predicted octanol–water partition coefficient (Wildman–Crippen LogP) is 1.52. The van der Waals surface area contributed by atoms with Crippen LogP contribution < -0.4 is 0 Å². The summed E-state index contributed by atoms with van der Waals surface area (Å²) in [7, 11) is 0. The van der Waals surface area contributed by atoms with Gasteiger partial charge in [-0.3, -0.25) is 4.98 Å². The van der Waals surface area contributed by atoms with E-state index in [1.807, 2.05) is 24.3 Å². The summed E-state index contributed by atoms with van der Waals surface area (Å²) in [5.74, 6) is 0.107. The van der Waals surface area contributed by atoms with Gasteiger partial charge in [0.15, 0.2) is 0 Å². The fourth-order valence-corrected chi connectivity index (χ4v) is 1.50. The van der Waals surface area contributed by atoms with E-state index in [9.17, 15) is 5.11 Å². The van der Waals surface area contributed by atoms with Gasteiger partial charge in [-0.05, 0) is 12.1 Å². The zero-order valence-electron chi connectivity index (χ0n) is 8.28. The molecule has 5 heteroatoms. The number of aromatic nitrogens is 4. The topological polar surface area (TPSA) is 63.8 Å². The summed E-state index contributed by atoms with van der Waals surface area (Å²) in [6.07, 6.45) is 3.04. The molecule has 16 heavy (non-hydrogen) atoms. The van der Waals surface area contributed by atoms with Gasteiger partial charge in [0.25, 0.3) is 0 Å². The summed E-state index contributed by atoms with van der Waals surface area (Å²) in [5.41, 5.74) is 2.04. The number of fused-ring (bicyclic) bond motifs is 1. The Morgan fingerprint density at radius 3 is 2.31 bits per heavy atom. The molecule has 0 aliphatic rings. The number of nitrogens with zero attached hydrogens (tertiary/aromatic N) is 4. The van der Waals surface area contributed by atoms with Crippen LogP contribution in [0.5, 0.6) is 5.75 Å². The lowest BCUT2D eigenvalue weighted by Gasteiger charge is -1.99. The van der Waals surface area contributed by atoms with Crippen LogP contribution in [0.25, 0.3) is 16.7 Å².